The van der Waals surface area contributed by atoms with E-state index in [1.54, 1.807) is 23.6 Å². The Morgan fingerprint density at radius 2 is 2.14 bits per heavy atom. The van der Waals surface area contributed by atoms with E-state index in [1.807, 2.05) is 19.1 Å². The predicted molar refractivity (Wildman–Crippen MR) is 82.0 cm³/mol. The van der Waals surface area contributed by atoms with E-state index in [-0.39, 0.29) is 0 Å². The third kappa shape index (κ3) is 1.87. The second-order valence-electron chi connectivity index (χ2n) is 4.67. The lowest BCUT2D eigenvalue weighted by Crippen LogP contribution is -1.80. The van der Waals surface area contributed by atoms with Crippen LogP contribution in [0, 0.1) is 18.3 Å². The number of nitrogens with zero attached hydrogens (tertiary/aromatic N) is 4. The molecule has 0 fully saturated rings. The molecule has 0 bridgehead atoms. The zero-order chi connectivity index (χ0) is 14.4. The van der Waals surface area contributed by atoms with Crippen molar-refractivity contribution in [2.24, 2.45) is 0 Å². The number of pyridine rings is 1. The van der Waals surface area contributed by atoms with Crippen molar-refractivity contribution in [2.75, 3.05) is 0 Å². The molecule has 1 N–H and O–H groups in total. The molecule has 3 heterocycles. The van der Waals surface area contributed by atoms with Crippen LogP contribution >= 0.6 is 11.3 Å². The summed E-state index contributed by atoms with van der Waals surface area (Å²) in [4.78, 5) is 16.3. The number of thiazole rings is 1. The first-order valence-corrected chi connectivity index (χ1v) is 7.18. The molecular formula is C15H9N5S. The number of aromatic amines is 1. The molecule has 0 spiro atoms. The van der Waals surface area contributed by atoms with Crippen molar-refractivity contribution in [2.45, 2.75) is 6.92 Å². The summed E-state index contributed by atoms with van der Waals surface area (Å²) in [5, 5.41) is 10.2. The van der Waals surface area contributed by atoms with Gasteiger partial charge in [0.15, 0.2) is 5.65 Å². The first-order chi connectivity index (χ1) is 10.2. The molecule has 0 amide bonds. The number of hydrogen-bond donors (Lipinski definition) is 1. The van der Waals surface area contributed by atoms with Gasteiger partial charge in [0.05, 0.1) is 20.8 Å². The molecule has 0 aliphatic rings. The van der Waals surface area contributed by atoms with Crippen LogP contribution in [0.5, 0.6) is 0 Å². The van der Waals surface area contributed by atoms with E-state index in [0.29, 0.717) is 22.6 Å². The number of nitrogens with one attached hydrogen (secondary N) is 1. The first-order valence-electron chi connectivity index (χ1n) is 6.37. The molecular weight excluding hydrogens is 282 g/mol. The van der Waals surface area contributed by atoms with Crippen molar-refractivity contribution < 1.29 is 0 Å². The quantitative estimate of drug-likeness (QED) is 0.583. The maximum Gasteiger partial charge on any atom is 0.179 e. The maximum atomic E-state index is 9.13. The summed E-state index contributed by atoms with van der Waals surface area (Å²) in [6, 6.07) is 9.85. The number of aryl methyl sites for hydroxylation is 1. The largest absolute Gasteiger partial charge is 0.335 e. The average Bonchev–Trinajstić information content (AvgIpc) is 3.07. The number of hydrogen-bond acceptors (Lipinski definition) is 5. The monoisotopic (exact) mass is 291 g/mol. The van der Waals surface area contributed by atoms with E-state index < -0.39 is 0 Å². The molecule has 6 heteroatoms. The molecule has 4 aromatic rings. The molecule has 0 unspecified atom stereocenters. The Morgan fingerprint density at radius 1 is 1.24 bits per heavy atom. The van der Waals surface area contributed by atoms with Crippen LogP contribution in [-0.2, 0) is 0 Å². The number of nitriles is 1. The number of imidazole rings is 1. The fourth-order valence-corrected chi connectivity index (χ4v) is 3.19. The highest BCUT2D eigenvalue weighted by molar-refractivity contribution is 7.18. The molecule has 0 radical (unpaired) electrons. The van der Waals surface area contributed by atoms with Gasteiger partial charge in [-0.3, -0.25) is 0 Å². The van der Waals surface area contributed by atoms with Crippen LogP contribution in [0.3, 0.4) is 0 Å². The Kier molecular flexibility index (Phi) is 2.49. The van der Waals surface area contributed by atoms with E-state index in [9.17, 15) is 0 Å². The molecule has 1 aromatic carbocycles. The highest BCUT2D eigenvalue weighted by Gasteiger charge is 2.11. The third-order valence-corrected chi connectivity index (χ3v) is 4.21. The van der Waals surface area contributed by atoms with Crippen molar-refractivity contribution >= 4 is 32.7 Å². The smallest absolute Gasteiger partial charge is 0.179 e. The maximum absolute atomic E-state index is 9.13. The predicted octanol–water partition coefficient (Wildman–Crippen LogP) is 3.41. The molecule has 3 aromatic heterocycles. The van der Waals surface area contributed by atoms with E-state index in [0.717, 1.165) is 20.8 Å². The van der Waals surface area contributed by atoms with Gasteiger partial charge in [-0.05, 0) is 31.2 Å². The summed E-state index contributed by atoms with van der Waals surface area (Å²) in [6.45, 7) is 1.99. The van der Waals surface area contributed by atoms with Gasteiger partial charge < -0.3 is 4.98 Å². The first kappa shape index (κ1) is 12.0. The fraction of sp³-hybridized carbons (Fsp3) is 0.0667. The van der Waals surface area contributed by atoms with Gasteiger partial charge in [-0.2, -0.15) is 5.26 Å². The fourth-order valence-electron chi connectivity index (χ4n) is 2.33. The van der Waals surface area contributed by atoms with Crippen LogP contribution in [-0.4, -0.2) is 19.9 Å². The number of rotatable bonds is 1. The Morgan fingerprint density at radius 3 is 3.00 bits per heavy atom. The van der Waals surface area contributed by atoms with E-state index >= 15 is 0 Å². The molecule has 100 valence electrons. The van der Waals surface area contributed by atoms with Gasteiger partial charge in [-0.15, -0.1) is 11.3 Å². The normalized spacial score (nSPS) is 11.0. The number of benzene rings is 1. The van der Waals surface area contributed by atoms with Crippen LogP contribution < -0.4 is 0 Å². The lowest BCUT2D eigenvalue weighted by molar-refractivity contribution is 1.30. The van der Waals surface area contributed by atoms with Gasteiger partial charge in [0.2, 0.25) is 0 Å². The van der Waals surface area contributed by atoms with Crippen LogP contribution in [0.25, 0.3) is 32.8 Å². The molecule has 0 aliphatic heterocycles. The van der Waals surface area contributed by atoms with Crippen LogP contribution in [0.1, 0.15) is 10.6 Å². The molecule has 5 nitrogen and oxygen atoms in total. The second-order valence-corrected chi connectivity index (χ2v) is 5.90. The number of aromatic nitrogens is 4. The third-order valence-electron chi connectivity index (χ3n) is 3.28. The van der Waals surface area contributed by atoms with Crippen LogP contribution in [0.15, 0.2) is 30.5 Å². The van der Waals surface area contributed by atoms with Crippen molar-refractivity contribution in [3.63, 3.8) is 0 Å². The second kappa shape index (κ2) is 4.36. The lowest BCUT2D eigenvalue weighted by atomic mass is 10.2. The van der Waals surface area contributed by atoms with Crippen molar-refractivity contribution in [1.29, 1.82) is 5.26 Å². The summed E-state index contributed by atoms with van der Waals surface area (Å²) in [7, 11) is 0. The van der Waals surface area contributed by atoms with E-state index in [4.69, 9.17) is 5.26 Å². The molecule has 0 aliphatic carbocycles. The average molecular weight is 291 g/mol. The molecule has 0 saturated heterocycles. The van der Waals surface area contributed by atoms with Crippen molar-refractivity contribution in [3.8, 4) is 17.5 Å². The zero-order valence-electron chi connectivity index (χ0n) is 11.1. The van der Waals surface area contributed by atoms with Gasteiger partial charge >= 0.3 is 0 Å². The summed E-state index contributed by atoms with van der Waals surface area (Å²) in [5.74, 6) is 0.716. The minimum atomic E-state index is 0.550. The lowest BCUT2D eigenvalue weighted by Gasteiger charge is -1.95. The van der Waals surface area contributed by atoms with Crippen LogP contribution in [0.4, 0.5) is 0 Å². The van der Waals surface area contributed by atoms with Gasteiger partial charge in [0.1, 0.15) is 17.4 Å². The van der Waals surface area contributed by atoms with E-state index in [1.165, 1.54) is 0 Å². The highest BCUT2D eigenvalue weighted by Crippen LogP contribution is 2.28. The topological polar surface area (TPSA) is 78.2 Å². The van der Waals surface area contributed by atoms with Crippen LogP contribution in [0.2, 0.25) is 0 Å². The minimum absolute atomic E-state index is 0.550. The Labute approximate surface area is 123 Å². The Bertz CT molecular complexity index is 1020. The summed E-state index contributed by atoms with van der Waals surface area (Å²) < 4.78 is 1.12. The summed E-state index contributed by atoms with van der Waals surface area (Å²) >= 11 is 1.65. The summed E-state index contributed by atoms with van der Waals surface area (Å²) in [6.07, 6.45) is 1.60. The Balaban J connectivity index is 1.93. The summed E-state index contributed by atoms with van der Waals surface area (Å²) in [5.41, 5.74) is 3.75. The highest BCUT2D eigenvalue weighted by atomic mass is 32.1. The van der Waals surface area contributed by atoms with Crippen molar-refractivity contribution in [3.05, 3.63) is 41.0 Å². The van der Waals surface area contributed by atoms with Gasteiger partial charge in [0.25, 0.3) is 0 Å². The van der Waals surface area contributed by atoms with Crippen molar-refractivity contribution in [1.82, 2.24) is 19.9 Å². The standard InChI is InChI=1S/C15H9N5S/c1-8-18-11-3-2-9(6-12(11)21-8)14-19-13-10(7-16)4-5-17-15(13)20-14/h2-6H,1H3,(H,17,19,20). The van der Waals surface area contributed by atoms with Gasteiger partial charge in [-0.25, -0.2) is 15.0 Å². The minimum Gasteiger partial charge on any atom is -0.335 e. The van der Waals surface area contributed by atoms with Gasteiger partial charge in [-0.1, -0.05) is 0 Å². The molecule has 21 heavy (non-hydrogen) atoms. The number of fused-ring (bicyclic) bond motifs is 2. The Hall–Kier alpha value is -2.78. The zero-order valence-corrected chi connectivity index (χ0v) is 11.9. The van der Waals surface area contributed by atoms with E-state index in [2.05, 4.69) is 32.1 Å². The van der Waals surface area contributed by atoms with Gasteiger partial charge in [0, 0.05) is 11.8 Å². The number of H-pyrrole nitrogens is 1. The SMILES string of the molecule is Cc1nc2ccc(-c3nc4nccc(C#N)c4[nH]3)cc2s1. The molecule has 0 atom stereocenters. The molecule has 0 saturated carbocycles. The molecule has 4 rings (SSSR count).